The maximum absolute atomic E-state index is 12.1. The topological polar surface area (TPSA) is 98.3 Å². The van der Waals surface area contributed by atoms with E-state index in [-0.39, 0.29) is 16.9 Å². The molecule has 110 valence electrons. The molecule has 0 aliphatic heterocycles. The minimum absolute atomic E-state index is 0.124. The van der Waals surface area contributed by atoms with Crippen LogP contribution in [0.15, 0.2) is 29.6 Å². The Morgan fingerprint density at radius 2 is 2.19 bits per heavy atom. The second kappa shape index (κ2) is 6.36. The normalized spacial score (nSPS) is 10.3. The molecular weight excluding hydrogens is 290 g/mol. The first kappa shape index (κ1) is 15.0. The third-order valence-electron chi connectivity index (χ3n) is 3.12. The number of amides is 1. The highest BCUT2D eigenvalue weighted by Crippen LogP contribution is 2.21. The predicted octanol–water partition coefficient (Wildman–Crippen LogP) is 2.73. The van der Waals surface area contributed by atoms with E-state index in [4.69, 9.17) is 5.73 Å². The smallest absolute Gasteiger partial charge is 0.270 e. The number of aryl methyl sites for hydroxylation is 1. The van der Waals surface area contributed by atoms with Crippen molar-refractivity contribution in [3.05, 3.63) is 55.8 Å². The fraction of sp³-hybridized carbons (Fsp3) is 0.214. The quantitative estimate of drug-likeness (QED) is 0.504. The molecule has 2 aromatic rings. The number of rotatable bonds is 5. The van der Waals surface area contributed by atoms with Crippen molar-refractivity contribution in [3.8, 4) is 0 Å². The number of nitrogen functional groups attached to an aromatic ring is 1. The predicted molar refractivity (Wildman–Crippen MR) is 82.4 cm³/mol. The second-order valence-corrected chi connectivity index (χ2v) is 5.43. The molecule has 3 N–H and O–H groups in total. The van der Waals surface area contributed by atoms with Crippen molar-refractivity contribution in [2.24, 2.45) is 0 Å². The van der Waals surface area contributed by atoms with Gasteiger partial charge in [0.1, 0.15) is 0 Å². The summed E-state index contributed by atoms with van der Waals surface area (Å²) in [6.45, 7) is 2.44. The minimum atomic E-state index is -0.551. The molecular formula is C14H15N3O3S. The van der Waals surface area contributed by atoms with E-state index in [0.29, 0.717) is 6.54 Å². The van der Waals surface area contributed by atoms with E-state index in [2.05, 4.69) is 5.32 Å². The van der Waals surface area contributed by atoms with E-state index in [0.717, 1.165) is 11.3 Å². The number of thiophene rings is 1. The number of hydrogen-bond donors (Lipinski definition) is 2. The van der Waals surface area contributed by atoms with Crippen molar-refractivity contribution in [2.45, 2.75) is 19.9 Å². The second-order valence-electron chi connectivity index (χ2n) is 4.43. The van der Waals surface area contributed by atoms with Crippen molar-refractivity contribution >= 4 is 28.6 Å². The van der Waals surface area contributed by atoms with Gasteiger partial charge in [0.15, 0.2) is 0 Å². The standard InChI is InChI=1S/C14H15N3O3S/c1-2-9-5-6-21-13(9)8-16-14(18)11-7-10(17(19)20)3-4-12(11)15/h3-7H,2,8,15H2,1H3,(H,16,18). The summed E-state index contributed by atoms with van der Waals surface area (Å²) in [6, 6.07) is 5.87. The van der Waals surface area contributed by atoms with Crippen LogP contribution in [0.25, 0.3) is 0 Å². The highest BCUT2D eigenvalue weighted by Gasteiger charge is 2.15. The lowest BCUT2D eigenvalue weighted by Gasteiger charge is -2.07. The SMILES string of the molecule is CCc1ccsc1CNC(=O)c1cc([N+](=O)[O-])ccc1N. The van der Waals surface area contributed by atoms with Crippen LogP contribution < -0.4 is 11.1 Å². The van der Waals surface area contributed by atoms with E-state index in [9.17, 15) is 14.9 Å². The third kappa shape index (κ3) is 3.38. The van der Waals surface area contributed by atoms with Crippen molar-refractivity contribution < 1.29 is 9.72 Å². The Balaban J connectivity index is 2.13. The van der Waals surface area contributed by atoms with Crippen LogP contribution in [0.1, 0.15) is 27.7 Å². The Morgan fingerprint density at radius 1 is 1.43 bits per heavy atom. The van der Waals surface area contributed by atoms with Gasteiger partial charge < -0.3 is 11.1 Å². The van der Waals surface area contributed by atoms with Gasteiger partial charge in [0.05, 0.1) is 17.0 Å². The Kier molecular flexibility index (Phi) is 4.54. The van der Waals surface area contributed by atoms with E-state index >= 15 is 0 Å². The zero-order valence-electron chi connectivity index (χ0n) is 11.5. The van der Waals surface area contributed by atoms with Gasteiger partial charge >= 0.3 is 0 Å². The number of nitrogens with one attached hydrogen (secondary N) is 1. The summed E-state index contributed by atoms with van der Waals surface area (Å²) in [5, 5.41) is 15.5. The van der Waals surface area contributed by atoms with Gasteiger partial charge in [-0.3, -0.25) is 14.9 Å². The van der Waals surface area contributed by atoms with Crippen LogP contribution in [-0.4, -0.2) is 10.8 Å². The fourth-order valence-corrected chi connectivity index (χ4v) is 2.86. The summed E-state index contributed by atoms with van der Waals surface area (Å²) in [5.74, 6) is -0.411. The number of nitrogens with two attached hydrogens (primary N) is 1. The summed E-state index contributed by atoms with van der Waals surface area (Å²) in [7, 11) is 0. The molecule has 0 radical (unpaired) electrons. The molecule has 0 spiro atoms. The number of nitrogens with zero attached hydrogens (tertiary/aromatic N) is 1. The molecule has 0 bridgehead atoms. The number of benzene rings is 1. The summed E-state index contributed by atoms with van der Waals surface area (Å²) >= 11 is 1.57. The number of carbonyl (C=O) groups excluding carboxylic acids is 1. The van der Waals surface area contributed by atoms with Crippen molar-refractivity contribution in [2.75, 3.05) is 5.73 Å². The molecule has 7 heteroatoms. The van der Waals surface area contributed by atoms with Crippen LogP contribution in [0.2, 0.25) is 0 Å². The lowest BCUT2D eigenvalue weighted by atomic mass is 10.1. The van der Waals surface area contributed by atoms with Crippen LogP contribution in [-0.2, 0) is 13.0 Å². The Hall–Kier alpha value is -2.41. The zero-order valence-corrected chi connectivity index (χ0v) is 12.3. The highest BCUT2D eigenvalue weighted by atomic mass is 32.1. The Bertz CT molecular complexity index is 682. The van der Waals surface area contributed by atoms with E-state index in [1.165, 1.54) is 23.8 Å². The summed E-state index contributed by atoms with van der Waals surface area (Å²) in [6.07, 6.45) is 0.896. The fourth-order valence-electron chi connectivity index (χ4n) is 1.95. The number of carbonyl (C=O) groups is 1. The van der Waals surface area contributed by atoms with Crippen LogP contribution in [0.5, 0.6) is 0 Å². The van der Waals surface area contributed by atoms with E-state index in [1.807, 2.05) is 18.4 Å². The molecule has 0 aliphatic carbocycles. The van der Waals surface area contributed by atoms with Gasteiger partial charge in [-0.05, 0) is 29.5 Å². The third-order valence-corrected chi connectivity index (χ3v) is 4.08. The molecule has 21 heavy (non-hydrogen) atoms. The van der Waals surface area contributed by atoms with Gasteiger partial charge in [0, 0.05) is 22.7 Å². The number of hydrogen-bond acceptors (Lipinski definition) is 5. The monoisotopic (exact) mass is 305 g/mol. The molecule has 0 unspecified atom stereocenters. The first-order chi connectivity index (χ1) is 10.0. The summed E-state index contributed by atoms with van der Waals surface area (Å²) in [5.41, 5.74) is 7.10. The lowest BCUT2D eigenvalue weighted by molar-refractivity contribution is -0.384. The molecule has 0 saturated heterocycles. The minimum Gasteiger partial charge on any atom is -0.398 e. The number of anilines is 1. The molecule has 1 amide bonds. The number of nitro groups is 1. The van der Waals surface area contributed by atoms with Gasteiger partial charge in [0.25, 0.3) is 11.6 Å². The lowest BCUT2D eigenvalue weighted by Crippen LogP contribution is -2.24. The van der Waals surface area contributed by atoms with Crippen LogP contribution in [0.4, 0.5) is 11.4 Å². The number of non-ortho nitro benzene ring substituents is 1. The van der Waals surface area contributed by atoms with Crippen molar-refractivity contribution in [3.63, 3.8) is 0 Å². The first-order valence-corrected chi connectivity index (χ1v) is 7.28. The maximum atomic E-state index is 12.1. The molecule has 6 nitrogen and oxygen atoms in total. The molecule has 1 aromatic heterocycles. The maximum Gasteiger partial charge on any atom is 0.270 e. The summed E-state index contributed by atoms with van der Waals surface area (Å²) < 4.78 is 0. The summed E-state index contributed by atoms with van der Waals surface area (Å²) in [4.78, 5) is 23.4. The van der Waals surface area contributed by atoms with E-state index < -0.39 is 10.8 Å². The Labute approximate surface area is 125 Å². The van der Waals surface area contributed by atoms with Crippen molar-refractivity contribution in [1.29, 1.82) is 0 Å². The average molecular weight is 305 g/mol. The highest BCUT2D eigenvalue weighted by molar-refractivity contribution is 7.10. The van der Waals surface area contributed by atoms with Crippen molar-refractivity contribution in [1.82, 2.24) is 5.32 Å². The van der Waals surface area contributed by atoms with Gasteiger partial charge in [-0.2, -0.15) is 0 Å². The van der Waals surface area contributed by atoms with Crippen LogP contribution in [0.3, 0.4) is 0 Å². The van der Waals surface area contributed by atoms with Gasteiger partial charge in [0.2, 0.25) is 0 Å². The average Bonchev–Trinajstić information content (AvgIpc) is 2.92. The molecule has 0 aliphatic rings. The molecule has 1 aromatic carbocycles. The van der Waals surface area contributed by atoms with Crippen LogP contribution >= 0.6 is 11.3 Å². The first-order valence-electron chi connectivity index (χ1n) is 6.40. The zero-order chi connectivity index (χ0) is 15.4. The molecule has 0 atom stereocenters. The Morgan fingerprint density at radius 3 is 2.86 bits per heavy atom. The molecule has 1 heterocycles. The van der Waals surface area contributed by atoms with Crippen LogP contribution in [0, 0.1) is 10.1 Å². The van der Waals surface area contributed by atoms with E-state index in [1.54, 1.807) is 11.3 Å². The molecule has 0 fully saturated rings. The van der Waals surface area contributed by atoms with Gasteiger partial charge in [-0.1, -0.05) is 6.92 Å². The molecule has 0 saturated carbocycles. The van der Waals surface area contributed by atoms with Gasteiger partial charge in [-0.25, -0.2) is 0 Å². The molecule has 2 rings (SSSR count). The largest absolute Gasteiger partial charge is 0.398 e. The number of nitro benzene ring substituents is 1. The van der Waals surface area contributed by atoms with Gasteiger partial charge in [-0.15, -0.1) is 11.3 Å².